The van der Waals surface area contributed by atoms with E-state index in [-0.39, 0.29) is 11.2 Å². The molecule has 1 aromatic heterocycles. The number of nitrogens with zero attached hydrogens (tertiary/aromatic N) is 3. The van der Waals surface area contributed by atoms with Crippen molar-refractivity contribution in [1.29, 1.82) is 0 Å². The third-order valence-corrected chi connectivity index (χ3v) is 6.07. The van der Waals surface area contributed by atoms with Crippen molar-refractivity contribution in [2.75, 3.05) is 31.6 Å². The molecular weight excluding hydrogens is 365 g/mol. The van der Waals surface area contributed by atoms with Crippen LogP contribution in [-0.4, -0.2) is 37.6 Å². The van der Waals surface area contributed by atoms with E-state index in [2.05, 4.69) is 31.6 Å². The van der Waals surface area contributed by atoms with E-state index in [1.807, 2.05) is 24.4 Å². The third kappa shape index (κ3) is 4.69. The normalized spacial score (nSPS) is 18.4. The first-order valence-corrected chi connectivity index (χ1v) is 10.6. The lowest BCUT2D eigenvalue weighted by molar-refractivity contribution is 0.559. The highest BCUT2D eigenvalue weighted by Gasteiger charge is 2.45. The summed E-state index contributed by atoms with van der Waals surface area (Å²) in [6.07, 6.45) is 7.68. The molecule has 5 nitrogen and oxygen atoms in total. The molecule has 1 aromatic carbocycles. The molecule has 2 aliphatic rings. The molecule has 0 spiro atoms. The van der Waals surface area contributed by atoms with Crippen molar-refractivity contribution in [3.63, 3.8) is 0 Å². The van der Waals surface area contributed by atoms with Crippen LogP contribution in [0.4, 0.5) is 10.2 Å². The molecule has 0 amide bonds. The van der Waals surface area contributed by atoms with Crippen molar-refractivity contribution in [2.45, 2.75) is 44.1 Å². The maximum Gasteiger partial charge on any atom is 0.191 e. The number of benzene rings is 1. The number of hydrogen-bond acceptors (Lipinski definition) is 3. The molecule has 29 heavy (non-hydrogen) atoms. The Kier molecular flexibility index (Phi) is 5.97. The van der Waals surface area contributed by atoms with E-state index in [0.717, 1.165) is 43.3 Å². The van der Waals surface area contributed by atoms with Crippen molar-refractivity contribution in [1.82, 2.24) is 15.6 Å². The van der Waals surface area contributed by atoms with Gasteiger partial charge in [0.1, 0.15) is 11.6 Å². The summed E-state index contributed by atoms with van der Waals surface area (Å²) in [5.41, 5.74) is 1.88. The highest BCUT2D eigenvalue weighted by molar-refractivity contribution is 5.79. The van der Waals surface area contributed by atoms with Crippen LogP contribution in [0.25, 0.3) is 0 Å². The predicted octanol–water partition coefficient (Wildman–Crippen LogP) is 3.61. The first kappa shape index (κ1) is 19.7. The number of guanidine groups is 1. The molecule has 0 radical (unpaired) electrons. The fourth-order valence-corrected chi connectivity index (χ4v) is 4.11. The average molecular weight is 396 g/mol. The van der Waals surface area contributed by atoms with E-state index in [1.165, 1.54) is 24.8 Å². The van der Waals surface area contributed by atoms with Gasteiger partial charge in [0.25, 0.3) is 0 Å². The Bertz CT molecular complexity index is 856. The Balaban J connectivity index is 1.33. The lowest BCUT2D eigenvalue weighted by atomic mass is 9.95. The minimum atomic E-state index is -0.114. The summed E-state index contributed by atoms with van der Waals surface area (Å²) in [7, 11) is 1.77. The molecule has 4 rings (SSSR count). The topological polar surface area (TPSA) is 52.6 Å². The minimum Gasteiger partial charge on any atom is -0.357 e. The Morgan fingerprint density at radius 3 is 2.66 bits per heavy atom. The van der Waals surface area contributed by atoms with Crippen LogP contribution in [0.1, 0.15) is 43.2 Å². The monoisotopic (exact) mass is 395 g/mol. The van der Waals surface area contributed by atoms with Gasteiger partial charge in [0, 0.05) is 44.8 Å². The second-order valence-electron chi connectivity index (χ2n) is 8.11. The fourth-order valence-electron chi connectivity index (χ4n) is 4.11. The summed E-state index contributed by atoms with van der Waals surface area (Å²) in [6, 6.07) is 11.3. The van der Waals surface area contributed by atoms with E-state index in [0.29, 0.717) is 13.1 Å². The second-order valence-corrected chi connectivity index (χ2v) is 8.11. The smallest absolute Gasteiger partial charge is 0.191 e. The van der Waals surface area contributed by atoms with Gasteiger partial charge in [0.2, 0.25) is 0 Å². The molecule has 154 valence electrons. The van der Waals surface area contributed by atoms with Gasteiger partial charge in [-0.05, 0) is 61.4 Å². The quantitative estimate of drug-likeness (QED) is 0.580. The highest BCUT2D eigenvalue weighted by atomic mass is 19.1. The van der Waals surface area contributed by atoms with Gasteiger partial charge in [-0.2, -0.15) is 0 Å². The second kappa shape index (κ2) is 8.80. The van der Waals surface area contributed by atoms with Crippen molar-refractivity contribution in [3.8, 4) is 0 Å². The Hall–Kier alpha value is -2.63. The Labute approximate surface area is 172 Å². The van der Waals surface area contributed by atoms with Gasteiger partial charge in [0.05, 0.1) is 0 Å². The molecule has 2 aromatic rings. The molecule has 1 saturated carbocycles. The molecule has 1 aliphatic heterocycles. The van der Waals surface area contributed by atoms with Crippen LogP contribution >= 0.6 is 0 Å². The molecule has 0 bridgehead atoms. The van der Waals surface area contributed by atoms with Crippen LogP contribution in [0.5, 0.6) is 0 Å². The van der Waals surface area contributed by atoms with Gasteiger partial charge in [-0.15, -0.1) is 0 Å². The first-order chi connectivity index (χ1) is 14.2. The van der Waals surface area contributed by atoms with Gasteiger partial charge in [-0.25, -0.2) is 9.37 Å². The van der Waals surface area contributed by atoms with Crippen LogP contribution in [0.3, 0.4) is 0 Å². The molecule has 0 atom stereocenters. The molecule has 6 heteroatoms. The average Bonchev–Trinajstić information content (AvgIpc) is 3.56. The SMILES string of the molecule is CN=C(NCc1ccnc(N2CCCCC2)c1)NCC1(c2ccccc2F)CC1. The van der Waals surface area contributed by atoms with E-state index in [1.54, 1.807) is 19.2 Å². The molecule has 2 heterocycles. The van der Waals surface area contributed by atoms with Crippen LogP contribution in [0.2, 0.25) is 0 Å². The number of anilines is 1. The summed E-state index contributed by atoms with van der Waals surface area (Å²) in [5, 5.41) is 6.77. The summed E-state index contributed by atoms with van der Waals surface area (Å²) in [6.45, 7) is 3.54. The van der Waals surface area contributed by atoms with Crippen LogP contribution in [-0.2, 0) is 12.0 Å². The van der Waals surface area contributed by atoms with Crippen molar-refractivity contribution >= 4 is 11.8 Å². The first-order valence-electron chi connectivity index (χ1n) is 10.6. The van der Waals surface area contributed by atoms with Crippen molar-refractivity contribution < 1.29 is 4.39 Å². The summed E-state index contributed by atoms with van der Waals surface area (Å²) in [4.78, 5) is 11.2. The molecule has 2 fully saturated rings. The molecular formula is C23H30FN5. The molecule has 1 aliphatic carbocycles. The predicted molar refractivity (Wildman–Crippen MR) is 116 cm³/mol. The number of aliphatic imine (C=N–C) groups is 1. The number of aromatic nitrogens is 1. The van der Waals surface area contributed by atoms with Gasteiger partial charge < -0.3 is 15.5 Å². The number of halogens is 1. The van der Waals surface area contributed by atoms with E-state index < -0.39 is 0 Å². The number of nitrogens with one attached hydrogen (secondary N) is 2. The summed E-state index contributed by atoms with van der Waals surface area (Å²) >= 11 is 0. The van der Waals surface area contributed by atoms with Gasteiger partial charge in [0.15, 0.2) is 5.96 Å². The number of hydrogen-bond donors (Lipinski definition) is 2. The maximum absolute atomic E-state index is 14.2. The van der Waals surface area contributed by atoms with Crippen LogP contribution in [0, 0.1) is 5.82 Å². The zero-order valence-corrected chi connectivity index (χ0v) is 17.1. The van der Waals surface area contributed by atoms with E-state index in [4.69, 9.17) is 0 Å². The zero-order chi connectivity index (χ0) is 20.1. The van der Waals surface area contributed by atoms with Crippen molar-refractivity contribution in [3.05, 3.63) is 59.5 Å². The summed E-state index contributed by atoms with van der Waals surface area (Å²) in [5.74, 6) is 1.68. The maximum atomic E-state index is 14.2. The Morgan fingerprint density at radius 1 is 1.14 bits per heavy atom. The molecule has 2 N–H and O–H groups in total. The van der Waals surface area contributed by atoms with E-state index in [9.17, 15) is 4.39 Å². The lowest BCUT2D eigenvalue weighted by Crippen LogP contribution is -2.41. The fraction of sp³-hybridized carbons (Fsp3) is 0.478. The minimum absolute atomic E-state index is 0.110. The number of pyridine rings is 1. The van der Waals surface area contributed by atoms with Crippen LogP contribution in [0.15, 0.2) is 47.6 Å². The third-order valence-electron chi connectivity index (χ3n) is 6.07. The van der Waals surface area contributed by atoms with Crippen LogP contribution < -0.4 is 15.5 Å². The highest BCUT2D eigenvalue weighted by Crippen LogP contribution is 2.48. The van der Waals surface area contributed by atoms with Gasteiger partial charge >= 0.3 is 0 Å². The lowest BCUT2D eigenvalue weighted by Gasteiger charge is -2.28. The largest absolute Gasteiger partial charge is 0.357 e. The van der Waals surface area contributed by atoms with Crippen molar-refractivity contribution in [2.24, 2.45) is 4.99 Å². The molecule has 1 saturated heterocycles. The van der Waals surface area contributed by atoms with Gasteiger partial charge in [-0.1, -0.05) is 18.2 Å². The Morgan fingerprint density at radius 2 is 1.93 bits per heavy atom. The van der Waals surface area contributed by atoms with E-state index >= 15 is 0 Å². The molecule has 0 unspecified atom stereocenters. The number of piperidine rings is 1. The number of rotatable bonds is 6. The zero-order valence-electron chi connectivity index (χ0n) is 17.1. The summed E-state index contributed by atoms with van der Waals surface area (Å²) < 4.78 is 14.2. The van der Waals surface area contributed by atoms with Gasteiger partial charge in [-0.3, -0.25) is 4.99 Å². The standard InChI is InChI=1S/C23H30FN5/c1-25-22(28-17-23(10-11-23)19-7-3-4-8-20(19)24)27-16-18-9-12-26-21(15-18)29-13-5-2-6-14-29/h3-4,7-9,12,15H,2,5-6,10-11,13-14,16-17H2,1H3,(H2,25,27,28).